The molecule has 0 fully saturated rings. The Labute approximate surface area is 171 Å². The van der Waals surface area contributed by atoms with Crippen LogP contribution in [0.15, 0.2) is 53.7 Å². The van der Waals surface area contributed by atoms with Crippen LogP contribution in [-0.2, 0) is 17.6 Å². The Morgan fingerprint density at radius 1 is 1.21 bits per heavy atom. The zero-order valence-electron chi connectivity index (χ0n) is 17.0. The molecule has 29 heavy (non-hydrogen) atoms. The first kappa shape index (κ1) is 19.1. The van der Waals surface area contributed by atoms with Gasteiger partial charge in [-0.3, -0.25) is 9.79 Å². The minimum absolute atomic E-state index is 0.0601. The number of anilines is 1. The van der Waals surface area contributed by atoms with Gasteiger partial charge in [0.25, 0.3) is 0 Å². The highest BCUT2D eigenvalue weighted by Crippen LogP contribution is 2.27. The molecule has 6 nitrogen and oxygen atoms in total. The number of aromatic nitrogens is 1. The summed E-state index contributed by atoms with van der Waals surface area (Å²) in [5.74, 6) is 0.700. The number of aliphatic imine (C=N–C) groups is 1. The van der Waals surface area contributed by atoms with E-state index < -0.39 is 0 Å². The molecule has 0 atom stereocenters. The average Bonchev–Trinajstić information content (AvgIpc) is 3.34. The van der Waals surface area contributed by atoms with Gasteiger partial charge in [-0.25, -0.2) is 0 Å². The maximum atomic E-state index is 12.6. The molecular formula is C23H27N5O. The highest BCUT2D eigenvalue weighted by atomic mass is 16.2. The van der Waals surface area contributed by atoms with Crippen LogP contribution in [0, 0.1) is 6.92 Å². The van der Waals surface area contributed by atoms with Crippen LogP contribution in [0.25, 0.3) is 10.9 Å². The molecule has 4 rings (SSSR count). The second-order valence-electron chi connectivity index (χ2n) is 7.39. The first-order chi connectivity index (χ1) is 14.2. The highest BCUT2D eigenvalue weighted by Gasteiger charge is 2.23. The molecule has 1 amide bonds. The molecule has 0 unspecified atom stereocenters. The van der Waals surface area contributed by atoms with E-state index in [0.29, 0.717) is 5.96 Å². The van der Waals surface area contributed by atoms with Gasteiger partial charge in [-0.05, 0) is 48.6 Å². The fraction of sp³-hybridized carbons (Fsp3) is 0.304. The second kappa shape index (κ2) is 8.39. The molecule has 3 aromatic rings. The number of guanidine groups is 1. The summed E-state index contributed by atoms with van der Waals surface area (Å²) < 4.78 is 0. The lowest BCUT2D eigenvalue weighted by Gasteiger charge is -2.18. The van der Waals surface area contributed by atoms with E-state index in [-0.39, 0.29) is 12.5 Å². The van der Waals surface area contributed by atoms with Crippen LogP contribution < -0.4 is 15.5 Å². The van der Waals surface area contributed by atoms with Crippen molar-refractivity contribution in [2.75, 3.05) is 31.6 Å². The molecule has 0 saturated heterocycles. The van der Waals surface area contributed by atoms with Crippen molar-refractivity contribution in [2.45, 2.75) is 19.8 Å². The minimum atomic E-state index is 0.0601. The van der Waals surface area contributed by atoms with Gasteiger partial charge in [-0.2, -0.15) is 0 Å². The summed E-state index contributed by atoms with van der Waals surface area (Å²) in [4.78, 5) is 22.1. The topological polar surface area (TPSA) is 72.5 Å². The summed E-state index contributed by atoms with van der Waals surface area (Å²) in [5.41, 5.74) is 5.94. The van der Waals surface area contributed by atoms with E-state index in [0.717, 1.165) is 31.6 Å². The third kappa shape index (κ3) is 4.11. The van der Waals surface area contributed by atoms with Crippen LogP contribution in [0.2, 0.25) is 0 Å². The van der Waals surface area contributed by atoms with E-state index >= 15 is 0 Å². The number of nitrogens with one attached hydrogen (secondary N) is 3. The zero-order valence-corrected chi connectivity index (χ0v) is 17.0. The van der Waals surface area contributed by atoms with E-state index in [1.165, 1.54) is 27.6 Å². The van der Waals surface area contributed by atoms with Crippen LogP contribution in [-0.4, -0.2) is 43.5 Å². The number of hydrogen-bond donors (Lipinski definition) is 3. The van der Waals surface area contributed by atoms with Gasteiger partial charge in [-0.15, -0.1) is 0 Å². The number of carbonyl (C=O) groups excluding carboxylic acids is 1. The summed E-state index contributed by atoms with van der Waals surface area (Å²) in [5, 5.41) is 7.70. The maximum Gasteiger partial charge on any atom is 0.246 e. The number of hydrogen-bond acceptors (Lipinski definition) is 2. The van der Waals surface area contributed by atoms with E-state index in [9.17, 15) is 4.79 Å². The molecule has 0 bridgehead atoms. The van der Waals surface area contributed by atoms with Gasteiger partial charge < -0.3 is 20.5 Å². The Balaban J connectivity index is 1.28. The second-order valence-corrected chi connectivity index (χ2v) is 7.39. The van der Waals surface area contributed by atoms with Crippen molar-refractivity contribution in [2.24, 2.45) is 4.99 Å². The molecular weight excluding hydrogens is 362 g/mol. The molecule has 2 aromatic carbocycles. The fourth-order valence-corrected chi connectivity index (χ4v) is 3.90. The molecule has 0 spiro atoms. The van der Waals surface area contributed by atoms with Crippen molar-refractivity contribution < 1.29 is 4.79 Å². The Hall–Kier alpha value is -3.28. The number of aryl methyl sites for hydroxylation is 1. The third-order valence-electron chi connectivity index (χ3n) is 5.43. The monoisotopic (exact) mass is 389 g/mol. The molecule has 6 heteroatoms. The number of benzene rings is 2. The fourth-order valence-electron chi connectivity index (χ4n) is 3.90. The number of carbonyl (C=O) groups is 1. The Morgan fingerprint density at radius 3 is 2.93 bits per heavy atom. The Morgan fingerprint density at radius 2 is 2.07 bits per heavy atom. The number of para-hydroxylation sites is 1. The number of aromatic amines is 1. The first-order valence-corrected chi connectivity index (χ1v) is 10.0. The maximum absolute atomic E-state index is 12.6. The lowest BCUT2D eigenvalue weighted by molar-refractivity contribution is -0.117. The van der Waals surface area contributed by atoms with Gasteiger partial charge in [0.05, 0.1) is 6.54 Å². The van der Waals surface area contributed by atoms with E-state index in [1.807, 2.05) is 23.1 Å². The number of rotatable bonds is 5. The SMILES string of the molecule is CN=C(NCCc1c[nH]c2cc(C)ccc12)NCC(=O)N1CCc2ccccc21. The quantitative estimate of drug-likeness (QED) is 0.464. The molecule has 0 saturated carbocycles. The van der Waals surface area contributed by atoms with Gasteiger partial charge in [0.2, 0.25) is 5.91 Å². The van der Waals surface area contributed by atoms with Crippen LogP contribution in [0.1, 0.15) is 16.7 Å². The van der Waals surface area contributed by atoms with Gasteiger partial charge >= 0.3 is 0 Å². The van der Waals surface area contributed by atoms with Crippen molar-refractivity contribution in [3.05, 3.63) is 65.4 Å². The van der Waals surface area contributed by atoms with Gasteiger partial charge in [-0.1, -0.05) is 30.3 Å². The Kier molecular flexibility index (Phi) is 5.51. The minimum Gasteiger partial charge on any atom is -0.361 e. The van der Waals surface area contributed by atoms with Gasteiger partial charge in [0, 0.05) is 42.9 Å². The largest absolute Gasteiger partial charge is 0.361 e. The van der Waals surface area contributed by atoms with Crippen LogP contribution in [0.5, 0.6) is 0 Å². The standard InChI is InChI=1S/C23H27N5O/c1-16-7-8-19-18(14-26-20(19)13-16)9-11-25-23(24-2)27-15-22(29)28-12-10-17-5-3-4-6-21(17)28/h3-8,13-14,26H,9-12,15H2,1-2H3,(H2,24,25,27). The number of fused-ring (bicyclic) bond motifs is 2. The lowest BCUT2D eigenvalue weighted by atomic mass is 10.1. The van der Waals surface area contributed by atoms with E-state index in [1.54, 1.807) is 7.05 Å². The number of H-pyrrole nitrogens is 1. The van der Waals surface area contributed by atoms with Gasteiger partial charge in [0.15, 0.2) is 5.96 Å². The summed E-state index contributed by atoms with van der Waals surface area (Å²) >= 11 is 0. The third-order valence-corrected chi connectivity index (χ3v) is 5.43. The molecule has 2 heterocycles. The summed E-state index contributed by atoms with van der Waals surface area (Å²) in [6.07, 6.45) is 3.85. The van der Waals surface area contributed by atoms with Crippen molar-refractivity contribution in [1.29, 1.82) is 0 Å². The molecule has 1 aliphatic rings. The molecule has 1 aromatic heterocycles. The first-order valence-electron chi connectivity index (χ1n) is 10.0. The van der Waals surface area contributed by atoms with Gasteiger partial charge in [0.1, 0.15) is 0 Å². The van der Waals surface area contributed by atoms with Crippen molar-refractivity contribution >= 4 is 28.5 Å². The zero-order chi connectivity index (χ0) is 20.2. The average molecular weight is 390 g/mol. The van der Waals surface area contributed by atoms with Crippen molar-refractivity contribution in [3.63, 3.8) is 0 Å². The van der Waals surface area contributed by atoms with Crippen LogP contribution in [0.3, 0.4) is 0 Å². The van der Waals surface area contributed by atoms with E-state index in [2.05, 4.69) is 58.0 Å². The predicted octanol–water partition coefficient (Wildman–Crippen LogP) is 2.77. The van der Waals surface area contributed by atoms with E-state index in [4.69, 9.17) is 0 Å². The predicted molar refractivity (Wildman–Crippen MR) is 119 cm³/mol. The summed E-state index contributed by atoms with van der Waals surface area (Å²) in [7, 11) is 1.72. The van der Waals surface area contributed by atoms with Crippen molar-refractivity contribution in [1.82, 2.24) is 15.6 Å². The van der Waals surface area contributed by atoms with Crippen LogP contribution in [0.4, 0.5) is 5.69 Å². The molecule has 0 aliphatic carbocycles. The molecule has 0 radical (unpaired) electrons. The number of amides is 1. The lowest BCUT2D eigenvalue weighted by Crippen LogP contribution is -2.44. The summed E-state index contributed by atoms with van der Waals surface area (Å²) in [6.45, 7) is 3.80. The molecule has 150 valence electrons. The number of nitrogens with zero attached hydrogens (tertiary/aromatic N) is 2. The summed E-state index contributed by atoms with van der Waals surface area (Å²) in [6, 6.07) is 14.6. The molecule has 1 aliphatic heterocycles. The highest BCUT2D eigenvalue weighted by molar-refractivity contribution is 5.98. The normalized spacial score (nSPS) is 13.6. The molecule has 3 N–H and O–H groups in total. The smallest absolute Gasteiger partial charge is 0.246 e. The van der Waals surface area contributed by atoms with Crippen LogP contribution >= 0.6 is 0 Å². The van der Waals surface area contributed by atoms with Crippen molar-refractivity contribution in [3.8, 4) is 0 Å². The Bertz CT molecular complexity index is 1050.